The highest BCUT2D eigenvalue weighted by Crippen LogP contribution is 2.30. The van der Waals surface area contributed by atoms with E-state index >= 15 is 0 Å². The maximum absolute atomic E-state index is 13.4. The van der Waals surface area contributed by atoms with Gasteiger partial charge in [0.05, 0.1) is 18.7 Å². The number of ether oxygens (including phenoxy) is 1. The highest BCUT2D eigenvalue weighted by molar-refractivity contribution is 7.98. The topological polar surface area (TPSA) is 91.0 Å². The first-order valence-corrected chi connectivity index (χ1v) is 12.5. The lowest BCUT2D eigenvalue weighted by Crippen LogP contribution is -2.42. The average Bonchev–Trinajstić information content (AvgIpc) is 3.04. The smallest absolute Gasteiger partial charge is 0.256 e. The number of hydrogen-bond acceptors (Lipinski definition) is 6. The number of anilines is 2. The van der Waals surface area contributed by atoms with Gasteiger partial charge >= 0.3 is 0 Å². The lowest BCUT2D eigenvalue weighted by Gasteiger charge is -2.24. The Morgan fingerprint density at radius 1 is 1.18 bits per heavy atom. The summed E-state index contributed by atoms with van der Waals surface area (Å²) in [6, 6.07) is 13.8. The van der Waals surface area contributed by atoms with Crippen LogP contribution in [0.15, 0.2) is 53.4 Å². The summed E-state index contributed by atoms with van der Waals surface area (Å²) in [6.45, 7) is 4.49. The number of benzene rings is 2. The molecule has 0 bridgehead atoms. The summed E-state index contributed by atoms with van der Waals surface area (Å²) < 4.78 is 5.42. The van der Waals surface area contributed by atoms with Gasteiger partial charge in [0.25, 0.3) is 5.91 Å². The monoisotopic (exact) mass is 500 g/mol. The molecule has 1 aliphatic heterocycles. The number of thiocarbonyl (C=S) groups is 1. The second-order valence-corrected chi connectivity index (χ2v) is 8.80. The lowest BCUT2D eigenvalue weighted by atomic mass is 10.1. The van der Waals surface area contributed by atoms with E-state index in [1.54, 1.807) is 40.9 Å². The van der Waals surface area contributed by atoms with E-state index in [1.807, 2.05) is 37.4 Å². The maximum Gasteiger partial charge on any atom is 0.256 e. The summed E-state index contributed by atoms with van der Waals surface area (Å²) in [5, 5.41) is 5.87. The van der Waals surface area contributed by atoms with Crippen molar-refractivity contribution < 1.29 is 19.1 Å². The molecule has 0 aliphatic carbocycles. The minimum absolute atomic E-state index is 0.0784. The van der Waals surface area contributed by atoms with Gasteiger partial charge in [-0.25, -0.2) is 0 Å². The van der Waals surface area contributed by atoms with Gasteiger partial charge in [-0.1, -0.05) is 6.07 Å². The van der Waals surface area contributed by atoms with Crippen molar-refractivity contribution in [3.63, 3.8) is 0 Å². The average molecular weight is 501 g/mol. The van der Waals surface area contributed by atoms with Crippen molar-refractivity contribution in [2.24, 2.45) is 0 Å². The van der Waals surface area contributed by atoms with Crippen LogP contribution < -0.4 is 20.3 Å². The summed E-state index contributed by atoms with van der Waals surface area (Å²) in [4.78, 5) is 41.8. The number of thioether (sulfide) groups is 1. The van der Waals surface area contributed by atoms with Gasteiger partial charge in [-0.3, -0.25) is 19.3 Å². The SMILES string of the molecule is CCOc1ccc(NC(=O)C[C@H]2C(=O)N(c3cccc(SC)c3)C(=S)N2CCNC(C)=O)cc1. The zero-order chi connectivity index (χ0) is 24.7. The Labute approximate surface area is 209 Å². The summed E-state index contributed by atoms with van der Waals surface area (Å²) in [6.07, 6.45) is 1.88. The van der Waals surface area contributed by atoms with Crippen LogP contribution >= 0.6 is 24.0 Å². The van der Waals surface area contributed by atoms with E-state index < -0.39 is 6.04 Å². The van der Waals surface area contributed by atoms with Gasteiger partial charge in [0, 0.05) is 30.6 Å². The van der Waals surface area contributed by atoms with E-state index in [2.05, 4.69) is 10.6 Å². The van der Waals surface area contributed by atoms with Crippen molar-refractivity contribution in [1.29, 1.82) is 0 Å². The third kappa shape index (κ3) is 6.27. The molecular formula is C24H28N4O4S2. The highest BCUT2D eigenvalue weighted by Gasteiger charge is 2.44. The maximum atomic E-state index is 13.4. The largest absolute Gasteiger partial charge is 0.494 e. The Balaban J connectivity index is 1.78. The number of nitrogens with zero attached hydrogens (tertiary/aromatic N) is 2. The Bertz CT molecular complexity index is 1060. The number of nitrogens with one attached hydrogen (secondary N) is 2. The number of rotatable bonds is 10. The van der Waals surface area contributed by atoms with Crippen LogP contribution in [-0.4, -0.2) is 59.7 Å². The summed E-state index contributed by atoms with van der Waals surface area (Å²) in [5.74, 6) is -0.0442. The molecule has 3 amide bonds. The van der Waals surface area contributed by atoms with Gasteiger partial charge in [-0.05, 0) is 67.9 Å². The first-order valence-electron chi connectivity index (χ1n) is 10.9. The van der Waals surface area contributed by atoms with Crippen LogP contribution in [0.2, 0.25) is 0 Å². The number of carbonyl (C=O) groups excluding carboxylic acids is 3. The fourth-order valence-corrected chi connectivity index (χ4v) is 4.48. The second-order valence-electron chi connectivity index (χ2n) is 7.56. The Morgan fingerprint density at radius 2 is 1.91 bits per heavy atom. The first-order chi connectivity index (χ1) is 16.3. The van der Waals surface area contributed by atoms with E-state index in [9.17, 15) is 14.4 Å². The molecule has 1 aliphatic rings. The van der Waals surface area contributed by atoms with Gasteiger partial charge in [0.2, 0.25) is 11.8 Å². The standard InChI is InChI=1S/C24H28N4O4S2/c1-4-32-19-10-8-17(9-11-19)26-22(30)15-21-23(31)28(18-6-5-7-20(14-18)34-3)24(33)27(21)13-12-25-16(2)29/h5-11,14,21H,4,12-13,15H2,1-3H3,(H,25,29)(H,26,30)/t21-/m0/s1. The predicted octanol–water partition coefficient (Wildman–Crippen LogP) is 3.27. The number of hydrogen-bond donors (Lipinski definition) is 2. The number of amides is 3. The van der Waals surface area contributed by atoms with Crippen LogP contribution in [0.25, 0.3) is 0 Å². The normalized spacial score (nSPS) is 15.4. The molecule has 0 unspecified atom stereocenters. The zero-order valence-electron chi connectivity index (χ0n) is 19.4. The van der Waals surface area contributed by atoms with Gasteiger partial charge in [-0.2, -0.15) is 0 Å². The van der Waals surface area contributed by atoms with Gasteiger partial charge in [0.1, 0.15) is 11.8 Å². The van der Waals surface area contributed by atoms with E-state index in [4.69, 9.17) is 17.0 Å². The molecular weight excluding hydrogens is 472 g/mol. The molecule has 1 saturated heterocycles. The van der Waals surface area contributed by atoms with Crippen LogP contribution in [0.4, 0.5) is 11.4 Å². The van der Waals surface area contributed by atoms with Crippen LogP contribution in [0, 0.1) is 0 Å². The molecule has 0 spiro atoms. The number of carbonyl (C=O) groups is 3. The Kier molecular flexibility index (Phi) is 8.89. The molecule has 8 nitrogen and oxygen atoms in total. The third-order valence-electron chi connectivity index (χ3n) is 5.18. The Hall–Kier alpha value is -3.11. The fraction of sp³-hybridized carbons (Fsp3) is 0.333. The minimum atomic E-state index is -0.776. The molecule has 2 aromatic rings. The highest BCUT2D eigenvalue weighted by atomic mass is 32.2. The van der Waals surface area contributed by atoms with E-state index in [1.165, 1.54) is 11.8 Å². The molecule has 10 heteroatoms. The van der Waals surface area contributed by atoms with Crippen LogP contribution in [0.5, 0.6) is 5.75 Å². The quantitative estimate of drug-likeness (QED) is 0.382. The minimum Gasteiger partial charge on any atom is -0.494 e. The second kappa shape index (κ2) is 11.8. The van der Waals surface area contributed by atoms with Crippen LogP contribution in [0.3, 0.4) is 0 Å². The van der Waals surface area contributed by atoms with Crippen LogP contribution in [0.1, 0.15) is 20.3 Å². The lowest BCUT2D eigenvalue weighted by molar-refractivity contribution is -0.124. The van der Waals surface area contributed by atoms with Crippen molar-refractivity contribution >= 4 is 58.2 Å². The van der Waals surface area contributed by atoms with E-state index in [0.717, 1.165) is 4.90 Å². The molecule has 1 fully saturated rings. The molecule has 0 aromatic heterocycles. The summed E-state index contributed by atoms with van der Waals surface area (Å²) in [7, 11) is 0. The first kappa shape index (κ1) is 25.5. The molecule has 180 valence electrons. The summed E-state index contributed by atoms with van der Waals surface area (Å²) >= 11 is 7.21. The Morgan fingerprint density at radius 3 is 2.56 bits per heavy atom. The van der Waals surface area contributed by atoms with Gasteiger partial charge < -0.3 is 20.3 Å². The molecule has 3 rings (SSSR count). The zero-order valence-corrected chi connectivity index (χ0v) is 21.0. The molecule has 0 radical (unpaired) electrons. The van der Waals surface area contributed by atoms with E-state index in [0.29, 0.717) is 41.9 Å². The van der Waals surface area contributed by atoms with Gasteiger partial charge in [-0.15, -0.1) is 11.8 Å². The van der Waals surface area contributed by atoms with Crippen molar-refractivity contribution in [2.75, 3.05) is 36.2 Å². The fourth-order valence-electron chi connectivity index (χ4n) is 3.62. The third-order valence-corrected chi connectivity index (χ3v) is 6.33. The van der Waals surface area contributed by atoms with Crippen LogP contribution in [-0.2, 0) is 14.4 Å². The molecule has 2 aromatic carbocycles. The van der Waals surface area contributed by atoms with E-state index in [-0.39, 0.29) is 24.1 Å². The molecule has 2 N–H and O–H groups in total. The molecule has 0 saturated carbocycles. The van der Waals surface area contributed by atoms with Crippen molar-refractivity contribution in [3.05, 3.63) is 48.5 Å². The van der Waals surface area contributed by atoms with Crippen molar-refractivity contribution in [1.82, 2.24) is 10.2 Å². The summed E-state index contributed by atoms with van der Waals surface area (Å²) in [5.41, 5.74) is 1.26. The predicted molar refractivity (Wildman–Crippen MR) is 138 cm³/mol. The van der Waals surface area contributed by atoms with Crippen molar-refractivity contribution in [2.45, 2.75) is 31.2 Å². The molecule has 34 heavy (non-hydrogen) atoms. The molecule has 1 heterocycles. The molecule has 1 atom stereocenters. The van der Waals surface area contributed by atoms with Crippen molar-refractivity contribution in [3.8, 4) is 5.75 Å². The van der Waals surface area contributed by atoms with Gasteiger partial charge in [0.15, 0.2) is 5.11 Å².